The van der Waals surface area contributed by atoms with E-state index in [0.29, 0.717) is 48.9 Å². The molecule has 5 rings (SSSR count). The van der Waals surface area contributed by atoms with Crippen molar-refractivity contribution in [1.29, 1.82) is 5.26 Å². The monoisotopic (exact) mass is 541 g/mol. The molecule has 0 bridgehead atoms. The summed E-state index contributed by atoms with van der Waals surface area (Å²) in [6.45, 7) is 9.21. The van der Waals surface area contributed by atoms with Crippen LogP contribution in [0.25, 0.3) is 10.5 Å². The predicted octanol–water partition coefficient (Wildman–Crippen LogP) is 1.96. The van der Waals surface area contributed by atoms with Gasteiger partial charge in [0.05, 0.1) is 34.6 Å². The Labute approximate surface area is 219 Å². The summed E-state index contributed by atoms with van der Waals surface area (Å²) in [5.74, 6) is 0.826. The van der Waals surface area contributed by atoms with Crippen LogP contribution in [0.3, 0.4) is 0 Å². The molecule has 2 aliphatic rings. The number of aromatic nitrogens is 4. The minimum absolute atomic E-state index is 0.137. The summed E-state index contributed by atoms with van der Waals surface area (Å²) in [5, 5.41) is 31.5. The van der Waals surface area contributed by atoms with Gasteiger partial charge in [-0.25, -0.2) is 9.29 Å². The zero-order valence-electron chi connectivity index (χ0n) is 19.5. The van der Waals surface area contributed by atoms with Crippen LogP contribution in [0.4, 0.5) is 23.3 Å². The van der Waals surface area contributed by atoms with E-state index in [2.05, 4.69) is 36.6 Å². The van der Waals surface area contributed by atoms with Gasteiger partial charge >= 0.3 is 0 Å². The van der Waals surface area contributed by atoms with Crippen LogP contribution in [0.2, 0.25) is 5.02 Å². The van der Waals surface area contributed by atoms with Crippen LogP contribution < -0.4 is 10.6 Å². The fraction of sp³-hybridized carbons (Fsp3) is 0.409. The molecular weight excluding hydrogens is 520 g/mol. The third-order valence-corrected chi connectivity index (χ3v) is 7.39. The number of aliphatic hydroxyl groups excluding tert-OH is 1. The minimum atomic E-state index is -2.27. The normalized spacial score (nSPS) is 18.2. The van der Waals surface area contributed by atoms with Gasteiger partial charge in [-0.3, -0.25) is 9.11 Å². The van der Waals surface area contributed by atoms with Crippen LogP contribution in [0.5, 0.6) is 0 Å². The highest BCUT2D eigenvalue weighted by Crippen LogP contribution is 2.35. The lowest BCUT2D eigenvalue weighted by Gasteiger charge is -2.36. The number of rotatable bonds is 8. The highest BCUT2D eigenvalue weighted by molar-refractivity contribution is 7.76. The molecule has 2 fully saturated rings. The number of hydrogen-bond donors (Lipinski definition) is 3. The predicted molar refractivity (Wildman–Crippen MR) is 135 cm³/mol. The topological polar surface area (TPSA) is 162 Å². The smallest absolute Gasteiger partial charge is 0.275 e. The van der Waals surface area contributed by atoms with Crippen LogP contribution >= 0.6 is 11.6 Å². The third-order valence-electron chi connectivity index (χ3n) is 6.19. The van der Waals surface area contributed by atoms with Crippen LogP contribution in [0.15, 0.2) is 18.3 Å². The van der Waals surface area contributed by atoms with Gasteiger partial charge in [0.15, 0.2) is 5.82 Å². The standard InChI is InChI=1S/C22H23ClN10O3S/c1-25-18-11-26-21-20(27-14-2-3-14)29-22(30-33(18)21)28-16-9-13(10-24)8-15(19(16)23)17(34)12-31-4-6-32(7-5-31)37(35)36/h8-9,11,14,17,34H,2-7,12H2,(H,35,36)(H2,27,28,29,30)/p-1. The molecule has 2 unspecified atom stereocenters. The first-order valence-electron chi connectivity index (χ1n) is 11.5. The summed E-state index contributed by atoms with van der Waals surface area (Å²) in [5.41, 5.74) is 1.37. The van der Waals surface area contributed by atoms with Gasteiger partial charge in [0, 0.05) is 55.6 Å². The number of nitriles is 1. The molecule has 1 aromatic carbocycles. The van der Waals surface area contributed by atoms with Crippen molar-refractivity contribution < 1.29 is 13.9 Å². The summed E-state index contributed by atoms with van der Waals surface area (Å²) in [4.78, 5) is 14.2. The number of hydrogen-bond acceptors (Lipinski definition) is 10. The van der Waals surface area contributed by atoms with E-state index in [0.717, 1.165) is 12.8 Å². The molecule has 1 aliphatic carbocycles. The first kappa shape index (κ1) is 25.3. The molecule has 0 spiro atoms. The molecule has 1 aliphatic heterocycles. The molecular formula is C22H22ClN10O3S-. The van der Waals surface area contributed by atoms with Gasteiger partial charge in [-0.05, 0) is 25.0 Å². The molecule has 2 atom stereocenters. The molecule has 3 heterocycles. The lowest BCUT2D eigenvalue weighted by molar-refractivity contribution is 0.0917. The highest BCUT2D eigenvalue weighted by Gasteiger charge is 2.26. The Morgan fingerprint density at radius 1 is 1.35 bits per heavy atom. The molecule has 3 aromatic rings. The number of β-amino-alcohol motifs (C(OH)–C–C–N with tert-alkyl or cyclic N) is 1. The van der Waals surface area contributed by atoms with Crippen molar-refractivity contribution in [3.05, 3.63) is 45.9 Å². The minimum Gasteiger partial charge on any atom is -0.760 e. The van der Waals surface area contributed by atoms with Crippen LogP contribution in [-0.2, 0) is 11.3 Å². The molecule has 192 valence electrons. The molecule has 2 aromatic heterocycles. The van der Waals surface area contributed by atoms with Crippen LogP contribution in [0.1, 0.15) is 30.1 Å². The quantitative estimate of drug-likeness (QED) is 0.284. The van der Waals surface area contributed by atoms with Gasteiger partial charge in [0.1, 0.15) is 0 Å². The van der Waals surface area contributed by atoms with E-state index in [9.17, 15) is 19.1 Å². The molecule has 1 saturated heterocycles. The summed E-state index contributed by atoms with van der Waals surface area (Å²) in [6.07, 6.45) is 2.42. The van der Waals surface area contributed by atoms with Crippen molar-refractivity contribution in [2.75, 3.05) is 43.4 Å². The SMILES string of the molecule is [C-]#[N+]c1cnc2c(NC3CC3)nc(Nc3cc(C#N)cc(C(O)CN4CCN(S(=O)[O-])CC4)c3Cl)nn12. The van der Waals surface area contributed by atoms with Crippen molar-refractivity contribution >= 4 is 51.8 Å². The molecule has 3 N–H and O–H groups in total. The first-order chi connectivity index (χ1) is 17.9. The Hall–Kier alpha value is -3.37. The number of aliphatic hydroxyl groups is 1. The van der Waals surface area contributed by atoms with E-state index in [-0.39, 0.29) is 34.9 Å². The van der Waals surface area contributed by atoms with Crippen molar-refractivity contribution in [3.8, 4) is 6.07 Å². The van der Waals surface area contributed by atoms with Gasteiger partial charge in [0.2, 0.25) is 0 Å². The number of nitrogens with zero attached hydrogens (tertiary/aromatic N) is 8. The highest BCUT2D eigenvalue weighted by atomic mass is 35.5. The second-order valence-corrected chi connectivity index (χ2v) is 10.1. The second kappa shape index (κ2) is 10.5. The fourth-order valence-electron chi connectivity index (χ4n) is 4.09. The van der Waals surface area contributed by atoms with E-state index in [1.165, 1.54) is 27.2 Å². The molecule has 1 saturated carbocycles. The average molecular weight is 542 g/mol. The molecule has 13 nitrogen and oxygen atoms in total. The Balaban J connectivity index is 1.42. The number of nitrogens with one attached hydrogen (secondary N) is 2. The number of anilines is 3. The number of imidazole rings is 1. The molecule has 15 heteroatoms. The first-order valence-corrected chi connectivity index (χ1v) is 12.9. The summed E-state index contributed by atoms with van der Waals surface area (Å²) in [7, 11) is 0. The van der Waals surface area contributed by atoms with Crippen molar-refractivity contribution in [2.45, 2.75) is 25.0 Å². The zero-order chi connectivity index (χ0) is 26.1. The van der Waals surface area contributed by atoms with E-state index in [1.807, 2.05) is 4.90 Å². The fourth-order valence-corrected chi connectivity index (χ4v) is 4.83. The summed E-state index contributed by atoms with van der Waals surface area (Å²) >= 11 is 4.41. The van der Waals surface area contributed by atoms with E-state index in [4.69, 9.17) is 18.2 Å². The number of benzene rings is 1. The van der Waals surface area contributed by atoms with E-state index < -0.39 is 17.4 Å². The average Bonchev–Trinajstić information content (AvgIpc) is 3.61. The van der Waals surface area contributed by atoms with Gasteiger partial charge in [0.25, 0.3) is 17.4 Å². The Bertz CT molecular complexity index is 1440. The van der Waals surface area contributed by atoms with Gasteiger partial charge in [-0.15, -0.1) is 4.52 Å². The van der Waals surface area contributed by atoms with Crippen molar-refractivity contribution in [2.24, 2.45) is 0 Å². The lowest BCUT2D eigenvalue weighted by atomic mass is 10.0. The van der Waals surface area contributed by atoms with Gasteiger partial charge < -0.3 is 25.1 Å². The maximum Gasteiger partial charge on any atom is 0.275 e. The third kappa shape index (κ3) is 5.50. The Morgan fingerprint density at radius 2 is 2.11 bits per heavy atom. The maximum atomic E-state index is 11.1. The van der Waals surface area contributed by atoms with Crippen molar-refractivity contribution in [3.63, 3.8) is 0 Å². The van der Waals surface area contributed by atoms with Crippen molar-refractivity contribution in [1.82, 2.24) is 28.8 Å². The maximum absolute atomic E-state index is 11.1. The van der Waals surface area contributed by atoms with E-state index >= 15 is 0 Å². The Kier molecular flexibility index (Phi) is 7.21. The number of fused-ring (bicyclic) bond motifs is 1. The van der Waals surface area contributed by atoms with Crippen LogP contribution in [-0.4, -0.2) is 81.4 Å². The van der Waals surface area contributed by atoms with Crippen LogP contribution in [0, 0.1) is 17.9 Å². The summed E-state index contributed by atoms with van der Waals surface area (Å²) < 4.78 is 25.0. The number of halogens is 1. The molecule has 0 radical (unpaired) electrons. The van der Waals surface area contributed by atoms with Gasteiger partial charge in [-0.1, -0.05) is 23.3 Å². The molecule has 37 heavy (non-hydrogen) atoms. The number of piperazine rings is 1. The zero-order valence-corrected chi connectivity index (χ0v) is 21.0. The molecule has 0 amide bonds. The van der Waals surface area contributed by atoms with E-state index in [1.54, 1.807) is 0 Å². The summed E-state index contributed by atoms with van der Waals surface area (Å²) in [6, 6.07) is 5.42. The van der Waals surface area contributed by atoms with Gasteiger partial charge in [-0.2, -0.15) is 10.2 Å². The second-order valence-electron chi connectivity index (χ2n) is 8.79. The largest absolute Gasteiger partial charge is 0.760 e. The lowest BCUT2D eigenvalue weighted by Crippen LogP contribution is -2.47. The Morgan fingerprint density at radius 3 is 2.76 bits per heavy atom.